The molecule has 1 saturated carbocycles. The predicted molar refractivity (Wildman–Crippen MR) is 79.4 cm³/mol. The molecule has 1 aromatic carbocycles. The topological polar surface area (TPSA) is 50.7 Å². The summed E-state index contributed by atoms with van der Waals surface area (Å²) in [5, 5.41) is 13.4. The first-order valence-electron chi connectivity index (χ1n) is 7.47. The first-order valence-corrected chi connectivity index (χ1v) is 7.47. The number of methoxy groups -OCH3 is 1. The fourth-order valence-corrected chi connectivity index (χ4v) is 2.59. The van der Waals surface area contributed by atoms with Crippen molar-refractivity contribution in [3.63, 3.8) is 0 Å². The third kappa shape index (κ3) is 4.69. The first-order chi connectivity index (χ1) is 9.79. The molecule has 1 aliphatic rings. The predicted octanol–water partition coefficient (Wildman–Crippen LogP) is 2.36. The molecule has 0 saturated heterocycles. The third-order valence-corrected chi connectivity index (χ3v) is 3.75. The molecule has 4 heteroatoms. The van der Waals surface area contributed by atoms with Crippen molar-refractivity contribution in [1.29, 1.82) is 0 Å². The van der Waals surface area contributed by atoms with E-state index in [0.29, 0.717) is 24.1 Å². The molecule has 1 fully saturated rings. The molecule has 20 heavy (non-hydrogen) atoms. The number of aliphatic hydroxyl groups is 1. The lowest BCUT2D eigenvalue weighted by Crippen LogP contribution is -2.38. The van der Waals surface area contributed by atoms with Crippen LogP contribution in [0.5, 0.6) is 11.5 Å². The molecule has 0 spiro atoms. The average Bonchev–Trinajstić information content (AvgIpc) is 2.52. The standard InChI is InChI=1S/C16H25NO3/c1-19-15-9-5-6-10-16(15)20-12-14(18)11-17-13-7-3-2-4-8-13/h5-6,9-10,13-14,17-18H,2-4,7-8,11-12H2,1H3. The zero-order valence-electron chi connectivity index (χ0n) is 12.2. The fraction of sp³-hybridized carbons (Fsp3) is 0.625. The normalized spacial score (nSPS) is 17.7. The summed E-state index contributed by atoms with van der Waals surface area (Å²) in [6, 6.07) is 8.05. The van der Waals surface area contributed by atoms with Gasteiger partial charge in [0.05, 0.1) is 7.11 Å². The highest BCUT2D eigenvalue weighted by Gasteiger charge is 2.15. The van der Waals surface area contributed by atoms with Crippen molar-refractivity contribution < 1.29 is 14.6 Å². The summed E-state index contributed by atoms with van der Waals surface area (Å²) >= 11 is 0. The van der Waals surface area contributed by atoms with Crippen LogP contribution in [0.4, 0.5) is 0 Å². The zero-order valence-corrected chi connectivity index (χ0v) is 12.2. The van der Waals surface area contributed by atoms with E-state index in [1.807, 2.05) is 24.3 Å². The summed E-state index contributed by atoms with van der Waals surface area (Å²) in [4.78, 5) is 0. The van der Waals surface area contributed by atoms with Gasteiger partial charge in [0.2, 0.25) is 0 Å². The second kappa shape index (κ2) is 8.12. The van der Waals surface area contributed by atoms with E-state index >= 15 is 0 Å². The Kier molecular flexibility index (Phi) is 6.15. The molecule has 0 heterocycles. The zero-order chi connectivity index (χ0) is 14.2. The Labute approximate surface area is 121 Å². The van der Waals surface area contributed by atoms with Crippen molar-refractivity contribution in [3.8, 4) is 11.5 Å². The van der Waals surface area contributed by atoms with Crippen LogP contribution in [0.1, 0.15) is 32.1 Å². The summed E-state index contributed by atoms with van der Waals surface area (Å²) in [7, 11) is 1.61. The van der Waals surface area contributed by atoms with Crippen LogP contribution in [0, 0.1) is 0 Å². The number of hydrogen-bond acceptors (Lipinski definition) is 4. The Bertz CT molecular complexity index is 391. The highest BCUT2D eigenvalue weighted by Crippen LogP contribution is 2.25. The van der Waals surface area contributed by atoms with Crippen molar-refractivity contribution in [2.45, 2.75) is 44.2 Å². The van der Waals surface area contributed by atoms with Crippen LogP contribution in [-0.2, 0) is 0 Å². The third-order valence-electron chi connectivity index (χ3n) is 3.75. The average molecular weight is 279 g/mol. The van der Waals surface area contributed by atoms with Gasteiger partial charge in [-0.25, -0.2) is 0 Å². The summed E-state index contributed by atoms with van der Waals surface area (Å²) < 4.78 is 10.8. The van der Waals surface area contributed by atoms with Crippen molar-refractivity contribution in [3.05, 3.63) is 24.3 Å². The molecular formula is C16H25NO3. The largest absolute Gasteiger partial charge is 0.493 e. The number of benzene rings is 1. The number of rotatable bonds is 7. The van der Waals surface area contributed by atoms with Crippen LogP contribution >= 0.6 is 0 Å². The SMILES string of the molecule is COc1ccccc1OCC(O)CNC1CCCCC1. The molecule has 1 unspecified atom stereocenters. The Morgan fingerprint density at radius 3 is 2.60 bits per heavy atom. The highest BCUT2D eigenvalue weighted by molar-refractivity contribution is 5.39. The number of ether oxygens (including phenoxy) is 2. The van der Waals surface area contributed by atoms with Crippen LogP contribution in [0.3, 0.4) is 0 Å². The molecule has 1 aromatic rings. The lowest BCUT2D eigenvalue weighted by atomic mass is 9.95. The van der Waals surface area contributed by atoms with Crippen molar-refractivity contribution in [2.75, 3.05) is 20.3 Å². The van der Waals surface area contributed by atoms with E-state index in [0.717, 1.165) is 0 Å². The molecular weight excluding hydrogens is 254 g/mol. The van der Waals surface area contributed by atoms with Gasteiger partial charge < -0.3 is 19.9 Å². The Morgan fingerprint density at radius 2 is 1.90 bits per heavy atom. The molecule has 1 atom stereocenters. The number of nitrogens with one attached hydrogen (secondary N) is 1. The van der Waals surface area contributed by atoms with Gasteiger partial charge in [-0.3, -0.25) is 0 Å². The number of aliphatic hydroxyl groups excluding tert-OH is 1. The summed E-state index contributed by atoms with van der Waals surface area (Å²) in [5.41, 5.74) is 0. The van der Waals surface area contributed by atoms with E-state index in [-0.39, 0.29) is 6.61 Å². The minimum absolute atomic E-state index is 0.278. The molecule has 0 bridgehead atoms. The van der Waals surface area contributed by atoms with E-state index in [4.69, 9.17) is 9.47 Å². The Morgan fingerprint density at radius 1 is 1.20 bits per heavy atom. The second-order valence-electron chi connectivity index (χ2n) is 5.36. The molecule has 0 amide bonds. The lowest BCUT2D eigenvalue weighted by molar-refractivity contribution is 0.100. The van der Waals surface area contributed by atoms with Gasteiger partial charge in [0, 0.05) is 12.6 Å². The minimum Gasteiger partial charge on any atom is -0.493 e. The van der Waals surface area contributed by atoms with Crippen LogP contribution in [0.25, 0.3) is 0 Å². The van der Waals surface area contributed by atoms with Crippen LogP contribution in [0.2, 0.25) is 0 Å². The van der Waals surface area contributed by atoms with E-state index in [9.17, 15) is 5.11 Å². The van der Waals surface area contributed by atoms with Gasteiger partial charge >= 0.3 is 0 Å². The maximum atomic E-state index is 9.98. The van der Waals surface area contributed by atoms with E-state index in [2.05, 4.69) is 5.32 Å². The molecule has 4 nitrogen and oxygen atoms in total. The molecule has 0 aromatic heterocycles. The molecule has 112 valence electrons. The Hall–Kier alpha value is -1.26. The summed E-state index contributed by atoms with van der Waals surface area (Å²) in [5.74, 6) is 1.37. The second-order valence-corrected chi connectivity index (χ2v) is 5.36. The maximum absolute atomic E-state index is 9.98. The van der Waals surface area contributed by atoms with Gasteiger partial charge in [-0.05, 0) is 25.0 Å². The van der Waals surface area contributed by atoms with Crippen molar-refractivity contribution >= 4 is 0 Å². The van der Waals surface area contributed by atoms with Gasteiger partial charge in [0.15, 0.2) is 11.5 Å². The lowest BCUT2D eigenvalue weighted by Gasteiger charge is -2.24. The molecule has 1 aliphatic carbocycles. The van der Waals surface area contributed by atoms with Crippen LogP contribution < -0.4 is 14.8 Å². The maximum Gasteiger partial charge on any atom is 0.161 e. The fourth-order valence-electron chi connectivity index (χ4n) is 2.59. The Balaban J connectivity index is 1.70. The summed E-state index contributed by atoms with van der Waals surface area (Å²) in [6.07, 6.45) is 5.89. The van der Waals surface area contributed by atoms with Gasteiger partial charge in [0.25, 0.3) is 0 Å². The van der Waals surface area contributed by atoms with Gasteiger partial charge in [-0.15, -0.1) is 0 Å². The van der Waals surface area contributed by atoms with Crippen LogP contribution in [-0.4, -0.2) is 37.5 Å². The van der Waals surface area contributed by atoms with Gasteiger partial charge in [-0.2, -0.15) is 0 Å². The number of hydrogen-bond donors (Lipinski definition) is 2. The smallest absolute Gasteiger partial charge is 0.161 e. The first kappa shape index (κ1) is 15.1. The summed E-state index contributed by atoms with van der Waals surface area (Å²) in [6.45, 7) is 0.861. The van der Waals surface area contributed by atoms with Crippen molar-refractivity contribution in [1.82, 2.24) is 5.32 Å². The van der Waals surface area contributed by atoms with E-state index < -0.39 is 6.10 Å². The van der Waals surface area contributed by atoms with Gasteiger partial charge in [-0.1, -0.05) is 31.4 Å². The quantitative estimate of drug-likeness (QED) is 0.804. The van der Waals surface area contributed by atoms with Crippen molar-refractivity contribution in [2.24, 2.45) is 0 Å². The van der Waals surface area contributed by atoms with E-state index in [1.165, 1.54) is 32.1 Å². The minimum atomic E-state index is -0.498. The molecule has 0 aliphatic heterocycles. The van der Waals surface area contributed by atoms with E-state index in [1.54, 1.807) is 7.11 Å². The highest BCUT2D eigenvalue weighted by atomic mass is 16.5. The molecule has 2 rings (SSSR count). The monoisotopic (exact) mass is 279 g/mol. The van der Waals surface area contributed by atoms with Crippen LogP contribution in [0.15, 0.2) is 24.3 Å². The van der Waals surface area contributed by atoms with Gasteiger partial charge in [0.1, 0.15) is 12.7 Å². The molecule has 2 N–H and O–H groups in total. The number of para-hydroxylation sites is 2. The molecule has 0 radical (unpaired) electrons.